The highest BCUT2D eigenvalue weighted by atomic mass is 35.5. The van der Waals surface area contributed by atoms with Crippen molar-refractivity contribution in [1.82, 2.24) is 5.43 Å². The Morgan fingerprint density at radius 1 is 1.20 bits per heavy atom. The number of nitrogens with zero attached hydrogens (tertiary/aromatic N) is 2. The highest BCUT2D eigenvalue weighted by molar-refractivity contribution is 6.33. The topological polar surface area (TPSA) is 103 Å². The first-order chi connectivity index (χ1) is 12.0. The molecule has 0 unspecified atom stereocenters. The van der Waals surface area contributed by atoms with Gasteiger partial charge in [0.15, 0.2) is 11.5 Å². The molecule has 2 aromatic rings. The van der Waals surface area contributed by atoms with Crippen LogP contribution in [-0.4, -0.2) is 31.3 Å². The van der Waals surface area contributed by atoms with Gasteiger partial charge < -0.3 is 9.47 Å². The summed E-state index contributed by atoms with van der Waals surface area (Å²) in [5.74, 6) is 0.428. The second kappa shape index (κ2) is 8.11. The number of ether oxygens (including phenoxy) is 2. The van der Waals surface area contributed by atoms with Crippen molar-refractivity contribution in [3.05, 3.63) is 62.7 Å². The minimum atomic E-state index is -0.543. The van der Waals surface area contributed by atoms with E-state index in [1.54, 1.807) is 12.1 Å². The van der Waals surface area contributed by atoms with E-state index in [1.165, 1.54) is 44.7 Å². The van der Waals surface area contributed by atoms with Crippen LogP contribution in [0.25, 0.3) is 0 Å². The number of amides is 1. The molecule has 2 aromatic carbocycles. The quantitative estimate of drug-likeness (QED) is 0.482. The molecule has 9 heteroatoms. The largest absolute Gasteiger partial charge is 0.493 e. The zero-order chi connectivity index (χ0) is 18.4. The second-order valence-electron chi connectivity index (χ2n) is 4.73. The van der Waals surface area contributed by atoms with Crippen molar-refractivity contribution >= 4 is 29.4 Å². The molecule has 8 nitrogen and oxygen atoms in total. The van der Waals surface area contributed by atoms with Crippen LogP contribution in [0.15, 0.2) is 41.5 Å². The molecule has 0 saturated carbocycles. The van der Waals surface area contributed by atoms with E-state index < -0.39 is 10.8 Å². The van der Waals surface area contributed by atoms with Gasteiger partial charge in [-0.3, -0.25) is 14.9 Å². The fraction of sp³-hybridized carbons (Fsp3) is 0.125. The summed E-state index contributed by atoms with van der Waals surface area (Å²) in [4.78, 5) is 22.0. The zero-order valence-corrected chi connectivity index (χ0v) is 14.1. The molecule has 0 heterocycles. The predicted molar refractivity (Wildman–Crippen MR) is 92.7 cm³/mol. The molecule has 0 fully saturated rings. The number of halogens is 1. The number of hydrogen-bond acceptors (Lipinski definition) is 6. The molecule has 1 N–H and O–H groups in total. The molecular weight excluding hydrogens is 350 g/mol. The molecule has 0 aromatic heterocycles. The number of methoxy groups -OCH3 is 2. The number of nitro benzene ring substituents is 1. The number of benzene rings is 2. The fourth-order valence-electron chi connectivity index (χ4n) is 1.93. The minimum absolute atomic E-state index is 0.0999. The van der Waals surface area contributed by atoms with Gasteiger partial charge in [0.25, 0.3) is 11.6 Å². The molecular formula is C16H14ClN3O5. The van der Waals surface area contributed by atoms with Crippen LogP contribution in [-0.2, 0) is 0 Å². The summed E-state index contributed by atoms with van der Waals surface area (Å²) in [6, 6.07) is 8.34. The molecule has 1 amide bonds. The van der Waals surface area contributed by atoms with Gasteiger partial charge in [0.1, 0.15) is 0 Å². The molecule has 130 valence electrons. The van der Waals surface area contributed by atoms with E-state index >= 15 is 0 Å². The Balaban J connectivity index is 2.10. The molecule has 25 heavy (non-hydrogen) atoms. The first-order valence-electron chi connectivity index (χ1n) is 6.95. The summed E-state index contributed by atoms with van der Waals surface area (Å²) in [6.07, 6.45) is 1.35. The predicted octanol–water partition coefficient (Wildman–Crippen LogP) is 3.03. The molecule has 0 aliphatic rings. The van der Waals surface area contributed by atoms with Gasteiger partial charge in [0.05, 0.1) is 30.4 Å². The highest BCUT2D eigenvalue weighted by Gasteiger charge is 2.10. The number of nitro groups is 1. The standard InChI is InChI=1S/C16H14ClN3O5/c1-24-14-7-11(13(17)8-15(14)25-2)9-18-19-16(21)10-3-5-12(6-4-10)20(22)23/h3-9H,1-2H3,(H,19,21)/b18-9+. The summed E-state index contributed by atoms with van der Waals surface area (Å²) in [5.41, 5.74) is 2.97. The van der Waals surface area contributed by atoms with Gasteiger partial charge in [0.2, 0.25) is 0 Å². The lowest BCUT2D eigenvalue weighted by Crippen LogP contribution is -2.17. The Bertz CT molecular complexity index is 821. The maximum atomic E-state index is 12.0. The number of hydrogen-bond donors (Lipinski definition) is 1. The van der Waals surface area contributed by atoms with Crippen molar-refractivity contribution < 1.29 is 19.2 Å². The van der Waals surface area contributed by atoms with Crippen LogP contribution in [0.2, 0.25) is 5.02 Å². The summed E-state index contributed by atoms with van der Waals surface area (Å²) < 4.78 is 10.3. The Morgan fingerprint density at radius 2 is 1.80 bits per heavy atom. The van der Waals surface area contributed by atoms with Gasteiger partial charge in [-0.25, -0.2) is 5.43 Å². The summed E-state index contributed by atoms with van der Waals surface area (Å²) in [6.45, 7) is 0. The number of carbonyl (C=O) groups is 1. The van der Waals surface area contributed by atoms with Crippen molar-refractivity contribution in [3.8, 4) is 11.5 Å². The Morgan fingerprint density at radius 3 is 2.36 bits per heavy atom. The minimum Gasteiger partial charge on any atom is -0.493 e. The van der Waals surface area contributed by atoms with Crippen molar-refractivity contribution in [3.63, 3.8) is 0 Å². The van der Waals surface area contributed by atoms with E-state index in [0.29, 0.717) is 22.1 Å². The average Bonchev–Trinajstić information content (AvgIpc) is 2.62. The Kier molecular flexibility index (Phi) is 5.91. The van der Waals surface area contributed by atoms with Crippen LogP contribution in [0.1, 0.15) is 15.9 Å². The van der Waals surface area contributed by atoms with E-state index in [-0.39, 0.29) is 11.3 Å². The van der Waals surface area contributed by atoms with Crippen LogP contribution < -0.4 is 14.9 Å². The van der Waals surface area contributed by atoms with Crippen LogP contribution in [0, 0.1) is 10.1 Å². The number of rotatable bonds is 6. The summed E-state index contributed by atoms with van der Waals surface area (Å²) in [5, 5.41) is 14.8. The van der Waals surface area contributed by atoms with E-state index in [2.05, 4.69) is 10.5 Å². The van der Waals surface area contributed by atoms with Gasteiger partial charge in [0, 0.05) is 29.3 Å². The van der Waals surface area contributed by atoms with Gasteiger partial charge in [-0.2, -0.15) is 5.10 Å². The first kappa shape index (κ1) is 18.2. The summed E-state index contributed by atoms with van der Waals surface area (Å²) >= 11 is 6.11. The molecule has 0 aliphatic carbocycles. The Labute approximate surface area is 148 Å². The molecule has 0 saturated heterocycles. The van der Waals surface area contributed by atoms with Gasteiger partial charge >= 0.3 is 0 Å². The van der Waals surface area contributed by atoms with Crippen molar-refractivity contribution in [1.29, 1.82) is 0 Å². The Hall–Kier alpha value is -3.13. The van der Waals surface area contributed by atoms with E-state index in [4.69, 9.17) is 21.1 Å². The molecule has 0 radical (unpaired) electrons. The third-order valence-corrected chi connectivity index (χ3v) is 3.54. The third-order valence-electron chi connectivity index (χ3n) is 3.21. The smallest absolute Gasteiger partial charge is 0.271 e. The summed E-state index contributed by atoms with van der Waals surface area (Å²) in [7, 11) is 2.98. The van der Waals surface area contributed by atoms with E-state index in [9.17, 15) is 14.9 Å². The van der Waals surface area contributed by atoms with Gasteiger partial charge in [-0.1, -0.05) is 11.6 Å². The van der Waals surface area contributed by atoms with Crippen molar-refractivity contribution in [2.45, 2.75) is 0 Å². The van der Waals surface area contributed by atoms with Crippen LogP contribution in [0.5, 0.6) is 11.5 Å². The van der Waals surface area contributed by atoms with Gasteiger partial charge in [-0.15, -0.1) is 0 Å². The molecule has 0 aliphatic heterocycles. The molecule has 0 atom stereocenters. The molecule has 2 rings (SSSR count). The number of carbonyl (C=O) groups excluding carboxylic acids is 1. The van der Waals surface area contributed by atoms with Crippen LogP contribution in [0.3, 0.4) is 0 Å². The highest BCUT2D eigenvalue weighted by Crippen LogP contribution is 2.32. The van der Waals surface area contributed by atoms with Gasteiger partial charge in [-0.05, 0) is 18.2 Å². The molecule has 0 bridgehead atoms. The third kappa shape index (κ3) is 4.45. The SMILES string of the molecule is COc1cc(Cl)c(/C=N/NC(=O)c2ccc([N+](=O)[O-])cc2)cc1OC. The number of nitrogens with one attached hydrogen (secondary N) is 1. The average molecular weight is 364 g/mol. The molecule has 0 spiro atoms. The van der Waals surface area contributed by atoms with Crippen molar-refractivity contribution in [2.24, 2.45) is 5.10 Å². The number of hydrazone groups is 1. The van der Waals surface area contributed by atoms with Crippen molar-refractivity contribution in [2.75, 3.05) is 14.2 Å². The van der Waals surface area contributed by atoms with Crippen LogP contribution >= 0.6 is 11.6 Å². The van der Waals surface area contributed by atoms with E-state index in [1.807, 2.05) is 0 Å². The lowest BCUT2D eigenvalue weighted by Gasteiger charge is -2.09. The maximum Gasteiger partial charge on any atom is 0.271 e. The second-order valence-corrected chi connectivity index (χ2v) is 5.14. The maximum absolute atomic E-state index is 12.0. The lowest BCUT2D eigenvalue weighted by molar-refractivity contribution is -0.384. The fourth-order valence-corrected chi connectivity index (χ4v) is 2.13. The zero-order valence-electron chi connectivity index (χ0n) is 13.4. The first-order valence-corrected chi connectivity index (χ1v) is 7.33. The normalized spacial score (nSPS) is 10.5. The monoisotopic (exact) mass is 363 g/mol. The number of non-ortho nitro benzene ring substituents is 1. The van der Waals surface area contributed by atoms with E-state index in [0.717, 1.165) is 0 Å². The lowest BCUT2D eigenvalue weighted by atomic mass is 10.2. The van der Waals surface area contributed by atoms with Crippen LogP contribution in [0.4, 0.5) is 5.69 Å².